The van der Waals surface area contributed by atoms with Crippen LogP contribution in [0.3, 0.4) is 0 Å². The van der Waals surface area contributed by atoms with Crippen molar-refractivity contribution in [3.63, 3.8) is 0 Å². The summed E-state index contributed by atoms with van der Waals surface area (Å²) in [5, 5.41) is 8.98. The van der Waals surface area contributed by atoms with Gasteiger partial charge in [-0.3, -0.25) is 0 Å². The maximum atomic E-state index is 11.3. The van der Waals surface area contributed by atoms with E-state index in [4.69, 9.17) is 11.0 Å². The zero-order valence-corrected chi connectivity index (χ0v) is 8.71. The maximum absolute atomic E-state index is 11.3. The molecule has 0 saturated heterocycles. The van der Waals surface area contributed by atoms with E-state index in [0.29, 0.717) is 11.1 Å². The summed E-state index contributed by atoms with van der Waals surface area (Å²) in [7, 11) is 1.62. The van der Waals surface area contributed by atoms with E-state index in [1.165, 1.54) is 4.90 Å². The maximum Gasteiger partial charge on any atom is 0.345 e. The molecular formula is C11H10N4O. The van der Waals surface area contributed by atoms with Crippen molar-refractivity contribution in [3.05, 3.63) is 35.4 Å². The Morgan fingerprint density at radius 2 is 2.19 bits per heavy atom. The summed E-state index contributed by atoms with van der Waals surface area (Å²) in [5.74, 6) is 0.232. The highest BCUT2D eigenvalue weighted by Gasteiger charge is 2.32. The summed E-state index contributed by atoms with van der Waals surface area (Å²) in [6, 6.07) is 8.32. The fraction of sp³-hybridized carbons (Fsp3) is 0.182. The lowest BCUT2D eigenvalue weighted by Gasteiger charge is -2.20. The van der Waals surface area contributed by atoms with E-state index >= 15 is 0 Å². The second kappa shape index (κ2) is 3.66. The van der Waals surface area contributed by atoms with E-state index in [0.717, 1.165) is 0 Å². The van der Waals surface area contributed by atoms with Crippen LogP contribution in [0.15, 0.2) is 29.3 Å². The van der Waals surface area contributed by atoms with Crippen molar-refractivity contribution in [3.8, 4) is 6.07 Å². The first-order chi connectivity index (χ1) is 7.65. The molecule has 2 N–H and O–H groups in total. The minimum absolute atomic E-state index is 0.232. The van der Waals surface area contributed by atoms with Gasteiger partial charge in [0.05, 0.1) is 11.6 Å². The van der Waals surface area contributed by atoms with E-state index in [1.54, 1.807) is 31.3 Å². The van der Waals surface area contributed by atoms with E-state index in [9.17, 15) is 4.79 Å². The van der Waals surface area contributed by atoms with Gasteiger partial charge in [0.15, 0.2) is 0 Å². The lowest BCUT2D eigenvalue weighted by Crippen LogP contribution is -2.30. The normalized spacial score (nSPS) is 19.5. The van der Waals surface area contributed by atoms with Gasteiger partial charge in [-0.2, -0.15) is 10.3 Å². The molecule has 5 nitrogen and oxygen atoms in total. The number of hydrogen-bond donors (Lipinski definition) is 1. The highest BCUT2D eigenvalue weighted by atomic mass is 16.2. The summed E-state index contributed by atoms with van der Waals surface area (Å²) in [5.41, 5.74) is 6.91. The summed E-state index contributed by atoms with van der Waals surface area (Å²) in [6.07, 6.45) is 0. The monoisotopic (exact) mass is 214 g/mol. The van der Waals surface area contributed by atoms with Gasteiger partial charge in [-0.25, -0.2) is 4.79 Å². The third kappa shape index (κ3) is 1.41. The topological polar surface area (TPSA) is 82.5 Å². The van der Waals surface area contributed by atoms with E-state index < -0.39 is 6.04 Å². The molecule has 0 fully saturated rings. The van der Waals surface area contributed by atoms with E-state index in [-0.39, 0.29) is 11.9 Å². The van der Waals surface area contributed by atoms with Crippen LogP contribution in [0.5, 0.6) is 0 Å². The molecule has 1 heterocycles. The Hall–Kier alpha value is -2.35. The standard InChI is InChI=1S/C11H10N4O/c1-15-9(10(13)14-11(15)16)8-5-3-2-4-7(8)6-12/h2-5,9H,1H3,(H2,13,14,16). The largest absolute Gasteiger partial charge is 0.385 e. The van der Waals surface area contributed by atoms with Crippen LogP contribution < -0.4 is 5.73 Å². The molecule has 1 unspecified atom stereocenters. The number of amides is 2. The quantitative estimate of drug-likeness (QED) is 0.757. The second-order valence-corrected chi connectivity index (χ2v) is 3.53. The Morgan fingerprint density at radius 3 is 2.75 bits per heavy atom. The molecule has 80 valence electrons. The van der Waals surface area contributed by atoms with Crippen LogP contribution >= 0.6 is 0 Å². The summed E-state index contributed by atoms with van der Waals surface area (Å²) in [6.45, 7) is 0. The molecule has 2 amide bonds. The van der Waals surface area contributed by atoms with Crippen molar-refractivity contribution in [2.45, 2.75) is 6.04 Å². The number of amidine groups is 1. The molecule has 0 saturated carbocycles. The van der Waals surface area contributed by atoms with Crippen LogP contribution in [0.4, 0.5) is 4.79 Å². The molecule has 0 spiro atoms. The van der Waals surface area contributed by atoms with Gasteiger partial charge >= 0.3 is 6.03 Å². The molecule has 0 radical (unpaired) electrons. The fourth-order valence-electron chi connectivity index (χ4n) is 1.76. The Kier molecular flexibility index (Phi) is 2.33. The molecule has 16 heavy (non-hydrogen) atoms. The highest BCUT2D eigenvalue weighted by Crippen LogP contribution is 2.27. The second-order valence-electron chi connectivity index (χ2n) is 3.53. The first-order valence-electron chi connectivity index (χ1n) is 4.75. The summed E-state index contributed by atoms with van der Waals surface area (Å²) in [4.78, 5) is 16.4. The molecule has 1 aromatic carbocycles. The molecule has 0 bridgehead atoms. The highest BCUT2D eigenvalue weighted by molar-refractivity contribution is 6.03. The lowest BCUT2D eigenvalue weighted by atomic mass is 10.00. The molecular weight excluding hydrogens is 204 g/mol. The molecule has 1 aliphatic heterocycles. The van der Waals surface area contributed by atoms with Crippen molar-refractivity contribution in [2.24, 2.45) is 10.7 Å². The van der Waals surface area contributed by atoms with Crippen LogP contribution in [-0.4, -0.2) is 23.8 Å². The van der Waals surface area contributed by atoms with Crippen molar-refractivity contribution in [2.75, 3.05) is 7.05 Å². The predicted octanol–water partition coefficient (Wildman–Crippen LogP) is 1.02. The number of benzene rings is 1. The number of carbonyl (C=O) groups is 1. The van der Waals surface area contributed by atoms with Crippen molar-refractivity contribution < 1.29 is 4.79 Å². The Bertz CT molecular complexity index is 515. The van der Waals surface area contributed by atoms with Crippen LogP contribution in [0.25, 0.3) is 0 Å². The van der Waals surface area contributed by atoms with Crippen molar-refractivity contribution >= 4 is 11.9 Å². The molecule has 1 aromatic rings. The van der Waals surface area contributed by atoms with Gasteiger partial charge in [0.2, 0.25) is 0 Å². The number of rotatable bonds is 1. The SMILES string of the molecule is CN1C(=O)N=C(N)C1c1ccccc1C#N. The molecule has 1 atom stereocenters. The van der Waals surface area contributed by atoms with Crippen molar-refractivity contribution in [1.82, 2.24) is 4.90 Å². The number of hydrogen-bond acceptors (Lipinski definition) is 3. The average molecular weight is 214 g/mol. The molecule has 5 heteroatoms. The van der Waals surface area contributed by atoms with Gasteiger partial charge < -0.3 is 10.6 Å². The zero-order valence-electron chi connectivity index (χ0n) is 8.71. The Balaban J connectivity index is 2.50. The first kappa shape index (κ1) is 10.2. The smallest absolute Gasteiger partial charge is 0.345 e. The first-order valence-corrected chi connectivity index (χ1v) is 4.75. The van der Waals surface area contributed by atoms with Crippen molar-refractivity contribution in [1.29, 1.82) is 5.26 Å². The Labute approximate surface area is 92.8 Å². The number of nitriles is 1. The molecule has 1 aliphatic rings. The molecule has 2 rings (SSSR count). The minimum atomic E-state index is -0.427. The zero-order chi connectivity index (χ0) is 11.7. The number of nitrogens with zero attached hydrogens (tertiary/aromatic N) is 3. The van der Waals surface area contributed by atoms with Crippen LogP contribution in [-0.2, 0) is 0 Å². The van der Waals surface area contributed by atoms with Gasteiger partial charge in [-0.05, 0) is 6.07 Å². The average Bonchev–Trinajstić information content (AvgIpc) is 2.53. The minimum Gasteiger partial charge on any atom is -0.385 e. The molecule has 0 aliphatic carbocycles. The van der Waals surface area contributed by atoms with Crippen LogP contribution in [0.2, 0.25) is 0 Å². The summed E-state index contributed by atoms with van der Waals surface area (Å²) < 4.78 is 0. The summed E-state index contributed by atoms with van der Waals surface area (Å²) >= 11 is 0. The van der Waals surface area contributed by atoms with Crippen LogP contribution in [0.1, 0.15) is 17.2 Å². The number of aliphatic imine (C=N–C) groups is 1. The fourth-order valence-corrected chi connectivity index (χ4v) is 1.76. The van der Waals surface area contributed by atoms with Gasteiger partial charge in [0.25, 0.3) is 0 Å². The number of nitrogens with two attached hydrogens (primary N) is 1. The third-order valence-corrected chi connectivity index (χ3v) is 2.57. The number of urea groups is 1. The number of likely N-dealkylation sites (N-methyl/N-ethyl adjacent to an activating group) is 1. The van der Waals surface area contributed by atoms with Gasteiger partial charge in [0.1, 0.15) is 11.9 Å². The Morgan fingerprint density at radius 1 is 1.50 bits per heavy atom. The number of carbonyl (C=O) groups excluding carboxylic acids is 1. The predicted molar refractivity (Wildman–Crippen MR) is 58.7 cm³/mol. The molecule has 0 aromatic heterocycles. The van der Waals surface area contributed by atoms with Gasteiger partial charge in [-0.1, -0.05) is 18.2 Å². The van der Waals surface area contributed by atoms with Gasteiger partial charge in [-0.15, -0.1) is 0 Å². The van der Waals surface area contributed by atoms with Crippen LogP contribution in [0, 0.1) is 11.3 Å². The van der Waals surface area contributed by atoms with E-state index in [1.807, 2.05) is 0 Å². The van der Waals surface area contributed by atoms with E-state index in [2.05, 4.69) is 11.1 Å². The van der Waals surface area contributed by atoms with Gasteiger partial charge in [0, 0.05) is 12.6 Å². The third-order valence-electron chi connectivity index (χ3n) is 2.57. The lowest BCUT2D eigenvalue weighted by molar-refractivity contribution is 0.218.